The van der Waals surface area contributed by atoms with Crippen molar-refractivity contribution in [2.75, 3.05) is 12.8 Å². The molecule has 5 heteroatoms. The maximum Gasteiger partial charge on any atom is 0.119 e. The van der Waals surface area contributed by atoms with E-state index in [-0.39, 0.29) is 0 Å². The van der Waals surface area contributed by atoms with Crippen LogP contribution in [0.5, 0.6) is 5.75 Å². The second-order valence-corrected chi connectivity index (χ2v) is 6.71. The van der Waals surface area contributed by atoms with Crippen molar-refractivity contribution >= 4 is 32.4 Å². The minimum absolute atomic E-state index is 0.394. The molecule has 0 aliphatic carbocycles. The monoisotopic (exact) mass is 353 g/mol. The number of para-hydroxylation sites is 1. The fourth-order valence-electron chi connectivity index (χ4n) is 1.86. The summed E-state index contributed by atoms with van der Waals surface area (Å²) in [6, 6.07) is 11.2. The molecule has 2 rings (SSSR count). The Morgan fingerprint density at radius 3 is 2.75 bits per heavy atom. The Hall–Kier alpha value is -1.33. The van der Waals surface area contributed by atoms with Crippen LogP contribution in [0.3, 0.4) is 0 Å². The molecule has 1 unspecified atom stereocenters. The van der Waals surface area contributed by atoms with Crippen LogP contribution in [0.1, 0.15) is 11.1 Å². The molecule has 0 aliphatic rings. The van der Waals surface area contributed by atoms with E-state index in [2.05, 4.69) is 15.9 Å². The molecule has 0 amide bonds. The van der Waals surface area contributed by atoms with Gasteiger partial charge >= 0.3 is 0 Å². The smallest absolute Gasteiger partial charge is 0.119 e. The number of benzene rings is 2. The van der Waals surface area contributed by atoms with Crippen molar-refractivity contribution in [3.05, 3.63) is 52.0 Å². The average molecular weight is 354 g/mol. The van der Waals surface area contributed by atoms with Gasteiger partial charge in [0.05, 0.1) is 34.2 Å². The van der Waals surface area contributed by atoms with E-state index in [9.17, 15) is 4.21 Å². The third-order valence-electron chi connectivity index (χ3n) is 3.07. The maximum atomic E-state index is 12.5. The van der Waals surface area contributed by atoms with Gasteiger partial charge in [-0.3, -0.25) is 4.21 Å². The summed E-state index contributed by atoms with van der Waals surface area (Å²) in [5.74, 6) is 1.14. The van der Waals surface area contributed by atoms with Crippen molar-refractivity contribution in [2.24, 2.45) is 0 Å². The van der Waals surface area contributed by atoms with Crippen LogP contribution in [0.25, 0.3) is 0 Å². The van der Waals surface area contributed by atoms with Crippen LogP contribution >= 0.6 is 15.9 Å². The molecule has 0 aromatic heterocycles. The molecule has 0 heterocycles. The molecule has 2 N–H and O–H groups in total. The zero-order valence-electron chi connectivity index (χ0n) is 11.4. The first-order chi connectivity index (χ1) is 9.52. The standard InChI is InChI=1S/C15H16BrNO2S/c1-10-4-3-5-14(15(10)17)20(18)9-11-8-12(19-2)6-7-13(11)16/h3-8H,9,17H2,1-2H3. The fraction of sp³-hybridized carbons (Fsp3) is 0.200. The number of halogens is 1. The normalized spacial score (nSPS) is 12.2. The number of hydrogen-bond donors (Lipinski definition) is 1. The minimum atomic E-state index is -1.19. The van der Waals surface area contributed by atoms with E-state index in [0.29, 0.717) is 16.3 Å². The number of rotatable bonds is 4. The average Bonchev–Trinajstić information content (AvgIpc) is 2.44. The third kappa shape index (κ3) is 3.22. The highest BCUT2D eigenvalue weighted by Gasteiger charge is 2.12. The molecular formula is C15H16BrNO2S. The van der Waals surface area contributed by atoms with Crippen molar-refractivity contribution in [2.45, 2.75) is 17.6 Å². The van der Waals surface area contributed by atoms with Gasteiger partial charge in [0.2, 0.25) is 0 Å². The summed E-state index contributed by atoms with van der Waals surface area (Å²) in [7, 11) is 0.426. The molecule has 0 spiro atoms. The van der Waals surface area contributed by atoms with Crippen LogP contribution in [0.2, 0.25) is 0 Å². The van der Waals surface area contributed by atoms with Crippen molar-refractivity contribution < 1.29 is 8.95 Å². The van der Waals surface area contributed by atoms with Gasteiger partial charge < -0.3 is 10.5 Å². The van der Waals surface area contributed by atoms with Gasteiger partial charge in [0.15, 0.2) is 0 Å². The fourth-order valence-corrected chi connectivity index (χ4v) is 3.75. The summed E-state index contributed by atoms with van der Waals surface area (Å²) < 4.78 is 18.6. The van der Waals surface area contributed by atoms with Crippen LogP contribution in [0.4, 0.5) is 5.69 Å². The summed E-state index contributed by atoms with van der Waals surface area (Å²) in [5.41, 5.74) is 8.48. The molecule has 0 saturated carbocycles. The molecule has 20 heavy (non-hydrogen) atoms. The summed E-state index contributed by atoms with van der Waals surface area (Å²) in [5, 5.41) is 0. The lowest BCUT2D eigenvalue weighted by Crippen LogP contribution is -2.03. The highest BCUT2D eigenvalue weighted by Crippen LogP contribution is 2.27. The van der Waals surface area contributed by atoms with Crippen molar-refractivity contribution in [3.8, 4) is 5.75 Å². The van der Waals surface area contributed by atoms with E-state index in [1.54, 1.807) is 7.11 Å². The van der Waals surface area contributed by atoms with E-state index >= 15 is 0 Å². The van der Waals surface area contributed by atoms with E-state index in [1.807, 2.05) is 43.3 Å². The second-order valence-electron chi connectivity index (χ2n) is 4.43. The molecule has 0 saturated heterocycles. The number of nitrogen functional groups attached to an aromatic ring is 1. The lowest BCUT2D eigenvalue weighted by Gasteiger charge is -2.10. The van der Waals surface area contributed by atoms with Crippen LogP contribution in [-0.4, -0.2) is 11.3 Å². The molecule has 0 aliphatic heterocycles. The van der Waals surface area contributed by atoms with Gasteiger partial charge in [0.25, 0.3) is 0 Å². The van der Waals surface area contributed by atoms with E-state index in [0.717, 1.165) is 21.3 Å². The number of aryl methyl sites for hydroxylation is 1. The Labute approximate surface area is 129 Å². The second kappa shape index (κ2) is 6.41. The Morgan fingerprint density at radius 2 is 2.05 bits per heavy atom. The quantitative estimate of drug-likeness (QED) is 0.853. The maximum absolute atomic E-state index is 12.5. The molecule has 0 bridgehead atoms. The van der Waals surface area contributed by atoms with E-state index < -0.39 is 10.8 Å². The van der Waals surface area contributed by atoms with Gasteiger partial charge in [-0.15, -0.1) is 0 Å². The number of anilines is 1. The molecule has 0 fully saturated rings. The lowest BCUT2D eigenvalue weighted by molar-refractivity contribution is 0.414. The number of hydrogen-bond acceptors (Lipinski definition) is 3. The zero-order chi connectivity index (χ0) is 14.7. The Kier molecular flexibility index (Phi) is 4.83. The Morgan fingerprint density at radius 1 is 1.30 bits per heavy atom. The molecular weight excluding hydrogens is 338 g/mol. The van der Waals surface area contributed by atoms with E-state index in [1.165, 1.54) is 0 Å². The molecule has 1 atom stereocenters. The SMILES string of the molecule is COc1ccc(Br)c(CS(=O)c2cccc(C)c2N)c1. The first-order valence-corrected chi connectivity index (χ1v) is 8.20. The third-order valence-corrected chi connectivity index (χ3v) is 5.26. The summed E-state index contributed by atoms with van der Waals surface area (Å²) in [6.07, 6.45) is 0. The molecule has 2 aromatic carbocycles. The highest BCUT2D eigenvalue weighted by atomic mass is 79.9. The molecule has 2 aromatic rings. The molecule has 3 nitrogen and oxygen atoms in total. The highest BCUT2D eigenvalue weighted by molar-refractivity contribution is 9.10. The minimum Gasteiger partial charge on any atom is -0.497 e. The molecule has 106 valence electrons. The van der Waals surface area contributed by atoms with Crippen LogP contribution in [0, 0.1) is 6.92 Å². The van der Waals surface area contributed by atoms with Gasteiger partial charge in [-0.05, 0) is 42.3 Å². The topological polar surface area (TPSA) is 52.3 Å². The van der Waals surface area contributed by atoms with Gasteiger partial charge in [-0.1, -0.05) is 28.1 Å². The van der Waals surface area contributed by atoms with Gasteiger partial charge in [0, 0.05) is 4.47 Å². The van der Waals surface area contributed by atoms with Crippen molar-refractivity contribution in [1.82, 2.24) is 0 Å². The van der Waals surface area contributed by atoms with Crippen molar-refractivity contribution in [1.29, 1.82) is 0 Å². The Bertz CT molecular complexity index is 658. The Balaban J connectivity index is 2.30. The van der Waals surface area contributed by atoms with Crippen LogP contribution in [-0.2, 0) is 16.6 Å². The summed E-state index contributed by atoms with van der Waals surface area (Å²) in [6.45, 7) is 1.91. The molecule has 0 radical (unpaired) electrons. The summed E-state index contributed by atoms with van der Waals surface area (Å²) in [4.78, 5) is 0.680. The van der Waals surface area contributed by atoms with Crippen LogP contribution < -0.4 is 10.5 Å². The lowest BCUT2D eigenvalue weighted by atomic mass is 10.2. The number of nitrogens with two attached hydrogens (primary N) is 1. The van der Waals surface area contributed by atoms with E-state index in [4.69, 9.17) is 10.5 Å². The van der Waals surface area contributed by atoms with Gasteiger partial charge in [-0.25, -0.2) is 0 Å². The van der Waals surface area contributed by atoms with Gasteiger partial charge in [0.1, 0.15) is 5.75 Å². The van der Waals surface area contributed by atoms with Crippen LogP contribution in [0.15, 0.2) is 45.8 Å². The van der Waals surface area contributed by atoms with Gasteiger partial charge in [-0.2, -0.15) is 0 Å². The predicted molar refractivity (Wildman–Crippen MR) is 86.4 cm³/mol. The zero-order valence-corrected chi connectivity index (χ0v) is 13.8. The first-order valence-electron chi connectivity index (χ1n) is 6.09. The largest absolute Gasteiger partial charge is 0.497 e. The van der Waals surface area contributed by atoms with Crippen molar-refractivity contribution in [3.63, 3.8) is 0 Å². The first kappa shape index (κ1) is 15.1. The number of methoxy groups -OCH3 is 1. The summed E-state index contributed by atoms with van der Waals surface area (Å²) >= 11 is 3.47. The number of ether oxygens (including phenoxy) is 1. The predicted octanol–water partition coefficient (Wildman–Crippen LogP) is 3.66.